The molecule has 1 fully saturated rings. The predicted octanol–water partition coefficient (Wildman–Crippen LogP) is 2.08. The third kappa shape index (κ3) is 2.58. The van der Waals surface area contributed by atoms with Crippen LogP contribution in [0.25, 0.3) is 0 Å². The molecule has 2 unspecified atom stereocenters. The van der Waals surface area contributed by atoms with Gasteiger partial charge < -0.3 is 14.7 Å². The maximum absolute atomic E-state index is 9.53. The number of aliphatic hydroxyl groups excluding tert-OH is 1. The lowest BCUT2D eigenvalue weighted by molar-refractivity contribution is 0.234. The molecule has 1 aromatic heterocycles. The van der Waals surface area contributed by atoms with E-state index in [1.807, 2.05) is 26.0 Å². The van der Waals surface area contributed by atoms with E-state index in [2.05, 4.69) is 16.8 Å². The molecule has 0 bridgehead atoms. The van der Waals surface area contributed by atoms with Crippen molar-refractivity contribution < 1.29 is 9.84 Å². The molecular weight excluding hydrogens is 228 g/mol. The van der Waals surface area contributed by atoms with Crippen LogP contribution in [-0.2, 0) is 0 Å². The molecule has 1 aromatic rings. The van der Waals surface area contributed by atoms with Crippen molar-refractivity contribution in [1.82, 2.24) is 4.98 Å². The predicted molar refractivity (Wildman–Crippen MR) is 72.0 cm³/mol. The summed E-state index contributed by atoms with van der Waals surface area (Å²) in [6.45, 7) is 7.28. The first-order valence-electron chi connectivity index (χ1n) is 6.62. The lowest BCUT2D eigenvalue weighted by Crippen LogP contribution is -2.36. The summed E-state index contributed by atoms with van der Waals surface area (Å²) < 4.78 is 5.80. The largest absolute Gasteiger partial charge is 0.487 e. The monoisotopic (exact) mass is 250 g/mol. The molecule has 100 valence electrons. The van der Waals surface area contributed by atoms with Crippen LogP contribution in [0.2, 0.25) is 0 Å². The van der Waals surface area contributed by atoms with Gasteiger partial charge in [0.15, 0.2) is 11.6 Å². The highest BCUT2D eigenvalue weighted by molar-refractivity contribution is 5.54. The van der Waals surface area contributed by atoms with Gasteiger partial charge in [0.25, 0.3) is 0 Å². The van der Waals surface area contributed by atoms with Crippen molar-refractivity contribution in [3.05, 3.63) is 18.3 Å². The fraction of sp³-hybridized carbons (Fsp3) is 0.643. The number of nitrogens with zero attached hydrogens (tertiary/aromatic N) is 2. The van der Waals surface area contributed by atoms with E-state index in [0.29, 0.717) is 5.92 Å². The highest BCUT2D eigenvalue weighted by atomic mass is 16.5. The van der Waals surface area contributed by atoms with E-state index >= 15 is 0 Å². The number of anilines is 1. The molecule has 1 N–H and O–H groups in total. The molecule has 18 heavy (non-hydrogen) atoms. The van der Waals surface area contributed by atoms with Gasteiger partial charge in [0.1, 0.15) is 0 Å². The number of hydrogen-bond acceptors (Lipinski definition) is 4. The van der Waals surface area contributed by atoms with Gasteiger partial charge in [0.05, 0.1) is 18.8 Å². The van der Waals surface area contributed by atoms with Crippen molar-refractivity contribution in [1.29, 1.82) is 0 Å². The number of ether oxygens (including phenoxy) is 1. The molecule has 0 amide bonds. The van der Waals surface area contributed by atoms with Gasteiger partial charge in [-0.05, 0) is 38.3 Å². The van der Waals surface area contributed by atoms with Crippen molar-refractivity contribution in [2.24, 2.45) is 5.92 Å². The molecule has 0 aromatic carbocycles. The molecule has 0 radical (unpaired) electrons. The van der Waals surface area contributed by atoms with Gasteiger partial charge >= 0.3 is 0 Å². The SMILES string of the molecule is CC(C)Oc1cccnc1N1CCC(C)C1CO. The Kier molecular flexibility index (Phi) is 4.07. The average Bonchev–Trinajstić information content (AvgIpc) is 2.70. The first-order chi connectivity index (χ1) is 8.63. The quantitative estimate of drug-likeness (QED) is 0.888. The Bertz CT molecular complexity index is 395. The number of aliphatic hydroxyl groups is 1. The summed E-state index contributed by atoms with van der Waals surface area (Å²) in [6.07, 6.45) is 2.99. The molecular formula is C14H22N2O2. The maximum Gasteiger partial charge on any atom is 0.171 e. The summed E-state index contributed by atoms with van der Waals surface area (Å²) in [5, 5.41) is 9.53. The summed E-state index contributed by atoms with van der Waals surface area (Å²) in [5.74, 6) is 2.15. The molecule has 4 heteroatoms. The zero-order valence-electron chi connectivity index (χ0n) is 11.3. The smallest absolute Gasteiger partial charge is 0.171 e. The van der Waals surface area contributed by atoms with Crippen LogP contribution in [0.15, 0.2) is 18.3 Å². The molecule has 1 saturated heterocycles. The normalized spacial score (nSPS) is 23.7. The first-order valence-corrected chi connectivity index (χ1v) is 6.62. The number of hydrogen-bond donors (Lipinski definition) is 1. The second-order valence-electron chi connectivity index (χ2n) is 5.20. The standard InChI is InChI=1S/C14H22N2O2/c1-10(2)18-13-5-4-7-15-14(13)16-8-6-11(3)12(16)9-17/h4-5,7,10-12,17H,6,8-9H2,1-3H3. The second kappa shape index (κ2) is 5.57. The number of aromatic nitrogens is 1. The molecule has 0 saturated carbocycles. The average molecular weight is 250 g/mol. The maximum atomic E-state index is 9.53. The topological polar surface area (TPSA) is 45.6 Å². The Balaban J connectivity index is 2.27. The van der Waals surface area contributed by atoms with Crippen molar-refractivity contribution in [3.8, 4) is 5.75 Å². The van der Waals surface area contributed by atoms with Crippen molar-refractivity contribution in [2.75, 3.05) is 18.1 Å². The van der Waals surface area contributed by atoms with E-state index in [1.54, 1.807) is 6.20 Å². The highest BCUT2D eigenvalue weighted by Crippen LogP contribution is 2.34. The zero-order valence-corrected chi connectivity index (χ0v) is 11.3. The van der Waals surface area contributed by atoms with Crippen LogP contribution in [0.3, 0.4) is 0 Å². The molecule has 2 rings (SSSR count). The van der Waals surface area contributed by atoms with Gasteiger partial charge in [-0.2, -0.15) is 0 Å². The van der Waals surface area contributed by atoms with Crippen LogP contribution in [-0.4, -0.2) is 35.4 Å². The minimum atomic E-state index is 0.126. The second-order valence-corrected chi connectivity index (χ2v) is 5.20. The lowest BCUT2D eigenvalue weighted by Gasteiger charge is -2.28. The van der Waals surface area contributed by atoms with E-state index in [0.717, 1.165) is 24.5 Å². The fourth-order valence-corrected chi connectivity index (χ4v) is 2.49. The lowest BCUT2D eigenvalue weighted by atomic mass is 10.0. The van der Waals surface area contributed by atoms with Gasteiger partial charge in [-0.15, -0.1) is 0 Å². The van der Waals surface area contributed by atoms with E-state index in [-0.39, 0.29) is 18.8 Å². The molecule has 4 nitrogen and oxygen atoms in total. The van der Waals surface area contributed by atoms with Crippen molar-refractivity contribution in [2.45, 2.75) is 39.3 Å². The molecule has 0 spiro atoms. The summed E-state index contributed by atoms with van der Waals surface area (Å²) in [7, 11) is 0. The van der Waals surface area contributed by atoms with Crippen LogP contribution >= 0.6 is 0 Å². The molecule has 0 aliphatic carbocycles. The van der Waals surface area contributed by atoms with E-state index < -0.39 is 0 Å². The fourth-order valence-electron chi connectivity index (χ4n) is 2.49. The third-order valence-corrected chi connectivity index (χ3v) is 3.46. The summed E-state index contributed by atoms with van der Waals surface area (Å²) in [5.41, 5.74) is 0. The Morgan fingerprint density at radius 2 is 2.33 bits per heavy atom. The van der Waals surface area contributed by atoms with Gasteiger partial charge in [-0.25, -0.2) is 4.98 Å². The van der Waals surface area contributed by atoms with Gasteiger partial charge in [0, 0.05) is 12.7 Å². The minimum absolute atomic E-state index is 0.126. The molecule has 2 heterocycles. The minimum Gasteiger partial charge on any atom is -0.487 e. The number of rotatable bonds is 4. The van der Waals surface area contributed by atoms with E-state index in [4.69, 9.17) is 4.74 Å². The van der Waals surface area contributed by atoms with Crippen molar-refractivity contribution >= 4 is 5.82 Å². The summed E-state index contributed by atoms with van der Waals surface area (Å²) in [6, 6.07) is 3.98. The summed E-state index contributed by atoms with van der Waals surface area (Å²) >= 11 is 0. The first kappa shape index (κ1) is 13.1. The highest BCUT2D eigenvalue weighted by Gasteiger charge is 2.33. The summed E-state index contributed by atoms with van der Waals surface area (Å²) in [4.78, 5) is 6.61. The van der Waals surface area contributed by atoms with Gasteiger partial charge in [-0.1, -0.05) is 6.92 Å². The van der Waals surface area contributed by atoms with Crippen LogP contribution in [0, 0.1) is 5.92 Å². The Labute approximate surface area is 109 Å². The Hall–Kier alpha value is -1.29. The Morgan fingerprint density at radius 3 is 3.00 bits per heavy atom. The number of pyridine rings is 1. The molecule has 1 aliphatic heterocycles. The van der Waals surface area contributed by atoms with Crippen molar-refractivity contribution in [3.63, 3.8) is 0 Å². The van der Waals surface area contributed by atoms with E-state index in [9.17, 15) is 5.11 Å². The van der Waals surface area contributed by atoms with Crippen LogP contribution in [0.5, 0.6) is 5.75 Å². The van der Waals surface area contributed by atoms with Crippen LogP contribution < -0.4 is 9.64 Å². The van der Waals surface area contributed by atoms with E-state index in [1.165, 1.54) is 0 Å². The molecule has 2 atom stereocenters. The molecule has 1 aliphatic rings. The van der Waals surface area contributed by atoms with Crippen LogP contribution in [0.4, 0.5) is 5.82 Å². The Morgan fingerprint density at radius 1 is 1.56 bits per heavy atom. The van der Waals surface area contributed by atoms with Gasteiger partial charge in [-0.3, -0.25) is 0 Å². The van der Waals surface area contributed by atoms with Gasteiger partial charge in [0.2, 0.25) is 0 Å². The zero-order chi connectivity index (χ0) is 13.1. The van der Waals surface area contributed by atoms with Crippen LogP contribution in [0.1, 0.15) is 27.2 Å². The third-order valence-electron chi connectivity index (χ3n) is 3.46.